The monoisotopic (exact) mass is 503 g/mol. The summed E-state index contributed by atoms with van der Waals surface area (Å²) in [4.78, 5) is 12.2. The molecule has 5 rings (SSSR count). The molecule has 0 spiro atoms. The van der Waals surface area contributed by atoms with Crippen molar-refractivity contribution in [1.82, 2.24) is 0 Å². The van der Waals surface area contributed by atoms with Crippen LogP contribution in [0.5, 0.6) is 0 Å². The maximum Gasteiger partial charge on any atom is 0.126 e. The molecule has 0 aromatic heterocycles. The van der Waals surface area contributed by atoms with Gasteiger partial charge in [-0.2, -0.15) is 0 Å². The number of allylic oxidation sites excluding steroid dienone is 1. The van der Waals surface area contributed by atoms with Crippen molar-refractivity contribution in [1.29, 1.82) is 0 Å². The van der Waals surface area contributed by atoms with Crippen LogP contribution in [0.4, 0.5) is 0 Å². The molecule has 0 heterocycles. The minimum atomic E-state index is 0.0142. The lowest BCUT2D eigenvalue weighted by Gasteiger charge is -2.71. The van der Waals surface area contributed by atoms with Crippen LogP contribution in [-0.2, 0) is 4.79 Å². The van der Waals surface area contributed by atoms with Gasteiger partial charge in [-0.15, -0.1) is 6.58 Å². The fourth-order valence-corrected chi connectivity index (χ4v) is 10.4. The standard InChI is InChI=1S/C26H41NO2.C3H6.C2H6.CH4O/c1-17-18-9-13-25(4)22(23(18,2)12-10-21(17)27-29)8-7-19-20-6-5-11-26(20,16-28)15-14-24(19,25)3;1-3-2;2*1-2/h16-20,22,29H,5-15H2,1-4H3;3H,1H2,2H3;1-2H3;2H,1H3/b27-21+;;;/t17?,18?,19?,20?,22?,23?,24-,25?,26?;;;/m1.../s1. The Morgan fingerprint density at radius 3 is 2.11 bits per heavy atom. The summed E-state index contributed by atoms with van der Waals surface area (Å²) in [5.41, 5.74) is 2.17. The van der Waals surface area contributed by atoms with E-state index in [0.29, 0.717) is 34.0 Å². The van der Waals surface area contributed by atoms with Crippen LogP contribution in [0.25, 0.3) is 0 Å². The van der Waals surface area contributed by atoms with Gasteiger partial charge in [0.2, 0.25) is 0 Å². The summed E-state index contributed by atoms with van der Waals surface area (Å²) in [6.07, 6.45) is 16.6. The predicted octanol–water partition coefficient (Wildman–Crippen LogP) is 8.31. The van der Waals surface area contributed by atoms with Crippen molar-refractivity contribution in [3.8, 4) is 0 Å². The third-order valence-corrected chi connectivity index (χ3v) is 12.2. The van der Waals surface area contributed by atoms with Gasteiger partial charge in [0.1, 0.15) is 6.29 Å². The number of aldehydes is 1. The summed E-state index contributed by atoms with van der Waals surface area (Å²) in [6.45, 7) is 19.4. The second kappa shape index (κ2) is 12.1. The van der Waals surface area contributed by atoms with E-state index in [0.717, 1.165) is 43.9 Å². The third-order valence-electron chi connectivity index (χ3n) is 12.2. The highest BCUT2D eigenvalue weighted by atomic mass is 16.4. The quantitative estimate of drug-likeness (QED) is 0.164. The first-order valence-corrected chi connectivity index (χ1v) is 14.9. The lowest BCUT2D eigenvalue weighted by Crippen LogP contribution is -2.64. The number of carbonyl (C=O) groups is 1. The Kier molecular flexibility index (Phi) is 10.5. The highest BCUT2D eigenvalue weighted by Crippen LogP contribution is 2.75. The molecule has 5 fully saturated rings. The Balaban J connectivity index is 0.000000596. The number of nitrogens with zero attached hydrogens (tertiary/aromatic N) is 1. The number of oxime groups is 1. The number of carbonyl (C=O) groups excluding carboxylic acids is 1. The summed E-state index contributed by atoms with van der Waals surface area (Å²) in [7, 11) is 1.00. The first-order chi connectivity index (χ1) is 17.2. The van der Waals surface area contributed by atoms with E-state index in [1.807, 2.05) is 20.8 Å². The lowest BCUT2D eigenvalue weighted by molar-refractivity contribution is -0.217. The maximum atomic E-state index is 12.2. The molecule has 2 N–H and O–H groups in total. The molecule has 0 saturated heterocycles. The van der Waals surface area contributed by atoms with Gasteiger partial charge in [-0.05, 0) is 111 Å². The van der Waals surface area contributed by atoms with Crippen molar-refractivity contribution in [2.45, 2.75) is 119 Å². The number of hydrogen-bond acceptors (Lipinski definition) is 4. The molecule has 0 amide bonds. The average molecular weight is 504 g/mol. The molecule has 5 saturated carbocycles. The molecule has 0 aromatic rings. The normalized spacial score (nSPS) is 47.5. The van der Waals surface area contributed by atoms with E-state index in [4.69, 9.17) is 5.11 Å². The van der Waals surface area contributed by atoms with Crippen LogP contribution in [0.15, 0.2) is 17.8 Å². The smallest absolute Gasteiger partial charge is 0.126 e. The van der Waals surface area contributed by atoms with Crippen LogP contribution in [-0.4, -0.2) is 29.4 Å². The van der Waals surface area contributed by atoms with Crippen LogP contribution in [0.3, 0.4) is 0 Å². The largest absolute Gasteiger partial charge is 0.411 e. The first-order valence-electron chi connectivity index (χ1n) is 14.9. The van der Waals surface area contributed by atoms with Crippen molar-refractivity contribution in [2.75, 3.05) is 7.11 Å². The van der Waals surface area contributed by atoms with E-state index in [9.17, 15) is 10.0 Å². The zero-order valence-corrected chi connectivity index (χ0v) is 24.8. The molecule has 9 atom stereocenters. The molecule has 0 radical (unpaired) electrons. The molecule has 0 bridgehead atoms. The molecule has 0 aliphatic heterocycles. The van der Waals surface area contributed by atoms with Gasteiger partial charge in [0.05, 0.1) is 5.71 Å². The fraction of sp³-hybridized carbons (Fsp3) is 0.875. The summed E-state index contributed by atoms with van der Waals surface area (Å²) < 4.78 is 0. The van der Waals surface area contributed by atoms with Crippen molar-refractivity contribution in [3.63, 3.8) is 0 Å². The third kappa shape index (κ3) is 4.52. The zero-order chi connectivity index (χ0) is 27.4. The average Bonchev–Trinajstić information content (AvgIpc) is 3.32. The van der Waals surface area contributed by atoms with Gasteiger partial charge in [0, 0.05) is 18.4 Å². The Hall–Kier alpha value is -1.16. The first kappa shape index (κ1) is 31.1. The Morgan fingerprint density at radius 1 is 0.889 bits per heavy atom. The number of aliphatic hydroxyl groups is 1. The molecule has 5 aliphatic carbocycles. The summed E-state index contributed by atoms with van der Waals surface area (Å²) in [6, 6.07) is 0. The van der Waals surface area contributed by atoms with E-state index in [2.05, 4.69) is 39.4 Å². The molecule has 36 heavy (non-hydrogen) atoms. The number of rotatable bonds is 1. The minimum absolute atomic E-state index is 0.0142. The molecule has 8 unspecified atom stereocenters. The molecule has 208 valence electrons. The minimum Gasteiger partial charge on any atom is -0.411 e. The number of hydrogen-bond donors (Lipinski definition) is 2. The van der Waals surface area contributed by atoms with Gasteiger partial charge in [-0.25, -0.2) is 0 Å². The van der Waals surface area contributed by atoms with Gasteiger partial charge >= 0.3 is 0 Å². The molecule has 4 heteroatoms. The van der Waals surface area contributed by atoms with E-state index in [1.54, 1.807) is 6.08 Å². The second-order valence-corrected chi connectivity index (χ2v) is 12.9. The van der Waals surface area contributed by atoms with Crippen molar-refractivity contribution in [2.24, 2.45) is 56.4 Å². The van der Waals surface area contributed by atoms with Gasteiger partial charge in [0.25, 0.3) is 0 Å². The molecule has 4 nitrogen and oxygen atoms in total. The zero-order valence-electron chi connectivity index (χ0n) is 24.8. The second-order valence-electron chi connectivity index (χ2n) is 12.9. The van der Waals surface area contributed by atoms with Gasteiger partial charge in [0.15, 0.2) is 0 Å². The van der Waals surface area contributed by atoms with Gasteiger partial charge in [-0.3, -0.25) is 0 Å². The fourth-order valence-electron chi connectivity index (χ4n) is 10.4. The number of fused-ring (bicyclic) bond motifs is 7. The highest BCUT2D eigenvalue weighted by molar-refractivity contribution is 5.87. The van der Waals surface area contributed by atoms with E-state index < -0.39 is 0 Å². The summed E-state index contributed by atoms with van der Waals surface area (Å²) in [5, 5.41) is 20.2. The van der Waals surface area contributed by atoms with E-state index >= 15 is 0 Å². The Labute approximate surface area is 222 Å². The topological polar surface area (TPSA) is 69.9 Å². The Morgan fingerprint density at radius 2 is 1.53 bits per heavy atom. The van der Waals surface area contributed by atoms with Crippen LogP contribution in [0, 0.1) is 51.2 Å². The summed E-state index contributed by atoms with van der Waals surface area (Å²) in [5.74, 6) is 3.21. The van der Waals surface area contributed by atoms with Crippen molar-refractivity contribution >= 4 is 12.0 Å². The lowest BCUT2D eigenvalue weighted by atomic mass is 9.33. The molecule has 5 aliphatic rings. The van der Waals surface area contributed by atoms with Crippen LogP contribution < -0.4 is 0 Å². The van der Waals surface area contributed by atoms with Crippen molar-refractivity contribution in [3.05, 3.63) is 12.7 Å². The SMILES string of the molecule is C=CC.CC.CC1/C(=N/O)CCC2(C)C1CCC1(C)C2CCC2C3CCCC3(C=O)CC[C@]21C.CO. The molecular weight excluding hydrogens is 446 g/mol. The van der Waals surface area contributed by atoms with Crippen molar-refractivity contribution < 1.29 is 15.1 Å². The van der Waals surface area contributed by atoms with Crippen LogP contribution in [0.2, 0.25) is 0 Å². The highest BCUT2D eigenvalue weighted by Gasteiger charge is 2.68. The maximum absolute atomic E-state index is 12.2. The number of aliphatic hydroxyl groups excluding tert-OH is 1. The van der Waals surface area contributed by atoms with Gasteiger partial charge in [-0.1, -0.05) is 59.2 Å². The summed E-state index contributed by atoms with van der Waals surface area (Å²) >= 11 is 0. The van der Waals surface area contributed by atoms with E-state index in [-0.39, 0.29) is 5.41 Å². The Bertz CT molecular complexity index is 779. The van der Waals surface area contributed by atoms with Gasteiger partial charge < -0.3 is 15.1 Å². The van der Waals surface area contributed by atoms with Crippen LogP contribution in [0.1, 0.15) is 119 Å². The molecular formula is C32H57NO3. The van der Waals surface area contributed by atoms with E-state index in [1.165, 1.54) is 57.7 Å². The predicted molar refractivity (Wildman–Crippen MR) is 151 cm³/mol. The van der Waals surface area contributed by atoms with Crippen LogP contribution >= 0.6 is 0 Å². The molecule has 0 aromatic carbocycles.